The van der Waals surface area contributed by atoms with Crippen LogP contribution in [0.2, 0.25) is 0 Å². The molecule has 0 heterocycles. The van der Waals surface area contributed by atoms with Crippen LogP contribution in [0.25, 0.3) is 0 Å². The van der Waals surface area contributed by atoms with Crippen molar-refractivity contribution in [3.63, 3.8) is 0 Å². The number of carbonyl (C=O) groups excluding carboxylic acids is 1. The quantitative estimate of drug-likeness (QED) is 0.520. The predicted molar refractivity (Wildman–Crippen MR) is 112 cm³/mol. The first kappa shape index (κ1) is 22.2. The Morgan fingerprint density at radius 3 is 1.90 bits per heavy atom. The van der Waals surface area contributed by atoms with Gasteiger partial charge in [-0.2, -0.15) is 0 Å². The number of benzene rings is 2. The summed E-state index contributed by atoms with van der Waals surface area (Å²) in [5.74, 6) is 0. The first-order chi connectivity index (χ1) is 13.8. The lowest BCUT2D eigenvalue weighted by molar-refractivity contribution is 0.101. The number of hydrogen-bond donors (Lipinski definition) is 4. The third-order valence-electron chi connectivity index (χ3n) is 4.66. The van der Waals surface area contributed by atoms with Crippen molar-refractivity contribution in [1.29, 1.82) is 0 Å². The fourth-order valence-corrected chi connectivity index (χ4v) is 3.16. The van der Waals surface area contributed by atoms with Crippen LogP contribution in [0.4, 0.5) is 9.59 Å². The predicted octanol–water partition coefficient (Wildman–Crippen LogP) is 2.50. The Bertz CT molecular complexity index is 768. The maximum Gasteiger partial charge on any atom is 0.404 e. The van der Waals surface area contributed by atoms with Gasteiger partial charge in [0.05, 0.1) is 12.1 Å². The van der Waals surface area contributed by atoms with Crippen LogP contribution in [0.15, 0.2) is 60.7 Å². The average Bonchev–Trinajstić information content (AvgIpc) is 2.68. The van der Waals surface area contributed by atoms with E-state index in [0.717, 1.165) is 11.1 Å². The number of nitrogens with one attached hydrogen (secondary N) is 2. The van der Waals surface area contributed by atoms with Gasteiger partial charge in [-0.15, -0.1) is 0 Å². The fraction of sp³-hybridized carbons (Fsp3) is 0.364. The molecule has 0 bridgehead atoms. The van der Waals surface area contributed by atoms with Crippen LogP contribution < -0.4 is 10.6 Å². The Morgan fingerprint density at radius 2 is 1.41 bits per heavy atom. The van der Waals surface area contributed by atoms with Gasteiger partial charge in [0.25, 0.3) is 0 Å². The fourth-order valence-electron chi connectivity index (χ4n) is 3.16. The number of carboxylic acid groups (broad SMARTS) is 1. The standard InChI is InChI=1S/C22H29N3O4/c1-25(2)21(27)23-18(13-16-9-5-3-6-10-16)15-20(26)19(24-22(28)29)14-17-11-7-4-8-12-17/h3-12,18-20,24,26H,13-15H2,1-2H3,(H,23,27)(H,28,29)/t18-,19-,20-/m0/s1. The summed E-state index contributed by atoms with van der Waals surface area (Å²) in [6.45, 7) is 0. The molecule has 29 heavy (non-hydrogen) atoms. The Labute approximate surface area is 171 Å². The minimum atomic E-state index is -1.19. The molecule has 7 heteroatoms. The van der Waals surface area contributed by atoms with Crippen LogP contribution >= 0.6 is 0 Å². The molecule has 0 aliphatic rings. The van der Waals surface area contributed by atoms with Crippen LogP contribution in [-0.2, 0) is 12.8 Å². The average molecular weight is 399 g/mol. The largest absolute Gasteiger partial charge is 0.465 e. The third-order valence-corrected chi connectivity index (χ3v) is 4.66. The number of nitrogens with zero attached hydrogens (tertiary/aromatic N) is 1. The number of urea groups is 1. The normalized spacial score (nSPS) is 13.8. The molecule has 0 aliphatic carbocycles. The van der Waals surface area contributed by atoms with E-state index in [1.807, 2.05) is 60.7 Å². The summed E-state index contributed by atoms with van der Waals surface area (Å²) in [6.07, 6.45) is -1.06. The molecule has 3 atom stereocenters. The highest BCUT2D eigenvalue weighted by atomic mass is 16.4. The van der Waals surface area contributed by atoms with Crippen molar-refractivity contribution in [2.24, 2.45) is 0 Å². The third kappa shape index (κ3) is 7.83. The maximum atomic E-state index is 12.2. The van der Waals surface area contributed by atoms with Crippen LogP contribution in [0, 0.1) is 0 Å². The maximum absolute atomic E-state index is 12.2. The van der Waals surface area contributed by atoms with Gasteiger partial charge in [0, 0.05) is 20.1 Å². The van der Waals surface area contributed by atoms with Crippen LogP contribution in [0.3, 0.4) is 0 Å². The van der Waals surface area contributed by atoms with E-state index in [4.69, 9.17) is 0 Å². The molecule has 0 aliphatic heterocycles. The van der Waals surface area contributed by atoms with Crippen molar-refractivity contribution in [2.75, 3.05) is 14.1 Å². The second-order valence-corrected chi connectivity index (χ2v) is 7.28. The Hall–Kier alpha value is -3.06. The topological polar surface area (TPSA) is 102 Å². The van der Waals surface area contributed by atoms with Crippen LogP contribution in [0.1, 0.15) is 17.5 Å². The highest BCUT2D eigenvalue weighted by Crippen LogP contribution is 2.14. The van der Waals surface area contributed by atoms with Crippen molar-refractivity contribution in [1.82, 2.24) is 15.5 Å². The summed E-state index contributed by atoms with van der Waals surface area (Å²) in [5, 5.41) is 25.4. The zero-order valence-electron chi connectivity index (χ0n) is 16.8. The number of rotatable bonds is 9. The zero-order chi connectivity index (χ0) is 21.2. The van der Waals surface area contributed by atoms with Gasteiger partial charge in [0.1, 0.15) is 0 Å². The summed E-state index contributed by atoms with van der Waals surface area (Å²) >= 11 is 0. The molecule has 3 amide bonds. The monoisotopic (exact) mass is 399 g/mol. The SMILES string of the molecule is CN(C)C(=O)N[C@@H](Cc1ccccc1)C[C@H](O)[C@H](Cc1ccccc1)NC(=O)O. The van der Waals surface area contributed by atoms with Gasteiger partial charge in [-0.3, -0.25) is 0 Å². The molecule has 0 aromatic heterocycles. The van der Waals surface area contributed by atoms with Gasteiger partial charge in [-0.25, -0.2) is 9.59 Å². The number of hydrogen-bond acceptors (Lipinski definition) is 3. The lowest BCUT2D eigenvalue weighted by Gasteiger charge is -2.28. The summed E-state index contributed by atoms with van der Waals surface area (Å²) in [7, 11) is 3.30. The molecule has 2 aromatic carbocycles. The van der Waals surface area contributed by atoms with Gasteiger partial charge in [0.15, 0.2) is 0 Å². The van der Waals surface area contributed by atoms with E-state index >= 15 is 0 Å². The molecule has 0 unspecified atom stereocenters. The first-order valence-electron chi connectivity index (χ1n) is 9.58. The highest BCUT2D eigenvalue weighted by molar-refractivity contribution is 5.73. The molecule has 2 rings (SSSR count). The van der Waals surface area contributed by atoms with Gasteiger partial charge < -0.3 is 25.7 Å². The molecule has 0 fully saturated rings. The lowest BCUT2D eigenvalue weighted by atomic mass is 9.94. The molecular weight excluding hydrogens is 370 g/mol. The lowest BCUT2D eigenvalue weighted by Crippen LogP contribution is -2.49. The molecular formula is C22H29N3O4. The highest BCUT2D eigenvalue weighted by Gasteiger charge is 2.26. The number of aliphatic hydroxyl groups is 1. The first-order valence-corrected chi connectivity index (χ1v) is 9.58. The van der Waals surface area contributed by atoms with Gasteiger partial charge >= 0.3 is 12.1 Å². The zero-order valence-corrected chi connectivity index (χ0v) is 16.8. The van der Waals surface area contributed by atoms with E-state index < -0.39 is 18.2 Å². The van der Waals surface area contributed by atoms with Crippen molar-refractivity contribution in [2.45, 2.75) is 37.5 Å². The van der Waals surface area contributed by atoms with Crippen molar-refractivity contribution < 1.29 is 19.8 Å². The van der Waals surface area contributed by atoms with E-state index in [1.54, 1.807) is 14.1 Å². The molecule has 0 spiro atoms. The van der Waals surface area contributed by atoms with Crippen LogP contribution in [0.5, 0.6) is 0 Å². The van der Waals surface area contributed by atoms with E-state index in [9.17, 15) is 19.8 Å². The molecule has 2 aromatic rings. The molecule has 0 radical (unpaired) electrons. The minimum absolute atomic E-state index is 0.215. The second-order valence-electron chi connectivity index (χ2n) is 7.28. The Morgan fingerprint density at radius 1 is 0.897 bits per heavy atom. The van der Waals surface area contributed by atoms with E-state index in [2.05, 4.69) is 10.6 Å². The smallest absolute Gasteiger partial charge is 0.404 e. The summed E-state index contributed by atoms with van der Waals surface area (Å²) in [6, 6.07) is 17.8. The van der Waals surface area contributed by atoms with Crippen LogP contribution in [-0.4, -0.2) is 59.5 Å². The summed E-state index contributed by atoms with van der Waals surface area (Å²) in [5.41, 5.74) is 1.94. The van der Waals surface area contributed by atoms with E-state index in [0.29, 0.717) is 12.8 Å². The minimum Gasteiger partial charge on any atom is -0.465 e. The van der Waals surface area contributed by atoms with Gasteiger partial charge in [-0.05, 0) is 30.4 Å². The molecule has 7 nitrogen and oxygen atoms in total. The molecule has 4 N–H and O–H groups in total. The molecule has 0 saturated carbocycles. The van der Waals surface area contributed by atoms with Gasteiger partial charge in [-0.1, -0.05) is 60.7 Å². The summed E-state index contributed by atoms with van der Waals surface area (Å²) < 4.78 is 0. The second kappa shape index (κ2) is 11.1. The van der Waals surface area contributed by atoms with Crippen molar-refractivity contribution in [3.05, 3.63) is 71.8 Å². The molecule has 156 valence electrons. The summed E-state index contributed by atoms with van der Waals surface area (Å²) in [4.78, 5) is 24.9. The van der Waals surface area contributed by atoms with Crippen molar-refractivity contribution in [3.8, 4) is 0 Å². The number of aliphatic hydroxyl groups excluding tert-OH is 1. The van der Waals surface area contributed by atoms with Crippen molar-refractivity contribution >= 4 is 12.1 Å². The Balaban J connectivity index is 2.13. The Kier molecular flexibility index (Phi) is 8.48. The number of amides is 3. The number of carbonyl (C=O) groups is 2. The molecule has 0 saturated heterocycles. The van der Waals surface area contributed by atoms with E-state index in [-0.39, 0.29) is 18.5 Å². The van der Waals surface area contributed by atoms with E-state index in [1.165, 1.54) is 4.90 Å². The van der Waals surface area contributed by atoms with Gasteiger partial charge in [0.2, 0.25) is 0 Å².